The number of amides is 1. The quantitative estimate of drug-likeness (QED) is 0.747. The van der Waals surface area contributed by atoms with E-state index < -0.39 is 11.8 Å². The largest absolute Gasteiger partial charge is 0.352 e. The lowest BCUT2D eigenvalue weighted by molar-refractivity contribution is 0.0942. The Morgan fingerprint density at radius 3 is 2.48 bits per heavy atom. The molecule has 0 saturated heterocycles. The van der Waals surface area contributed by atoms with Gasteiger partial charge in [0.2, 0.25) is 0 Å². The lowest BCUT2D eigenvalue weighted by atomic mass is 9.98. The molecule has 0 aromatic heterocycles. The van der Waals surface area contributed by atoms with E-state index in [0.29, 0.717) is 31.5 Å². The molecule has 25 heavy (non-hydrogen) atoms. The van der Waals surface area contributed by atoms with Crippen molar-refractivity contribution in [2.75, 3.05) is 6.54 Å². The van der Waals surface area contributed by atoms with E-state index in [9.17, 15) is 13.6 Å². The number of benzene rings is 2. The minimum absolute atomic E-state index is 0.00726. The van der Waals surface area contributed by atoms with Crippen molar-refractivity contribution in [3.63, 3.8) is 0 Å². The molecule has 2 aromatic carbocycles. The molecule has 1 amide bonds. The first-order valence-corrected chi connectivity index (χ1v) is 8.55. The maximum Gasteiger partial charge on any atom is 0.251 e. The van der Waals surface area contributed by atoms with Gasteiger partial charge in [-0.3, -0.25) is 4.79 Å². The third-order valence-corrected chi connectivity index (χ3v) is 4.67. The summed E-state index contributed by atoms with van der Waals surface area (Å²) in [4.78, 5) is 12.1. The highest BCUT2D eigenvalue weighted by Gasteiger charge is 2.55. The number of nitrogens with two attached hydrogens (primary N) is 1. The Hall–Kier alpha value is -2.27. The molecular formula is C20H22F2N2O. The molecule has 1 aliphatic rings. The molecule has 1 aliphatic carbocycles. The van der Waals surface area contributed by atoms with E-state index in [2.05, 4.69) is 5.32 Å². The molecule has 2 aromatic rings. The summed E-state index contributed by atoms with van der Waals surface area (Å²) in [6, 6.07) is 15.2. The Morgan fingerprint density at radius 2 is 1.84 bits per heavy atom. The van der Waals surface area contributed by atoms with E-state index >= 15 is 0 Å². The summed E-state index contributed by atoms with van der Waals surface area (Å²) >= 11 is 0. The minimum atomic E-state index is -2.47. The molecule has 1 saturated carbocycles. The molecule has 1 fully saturated rings. The lowest BCUT2D eigenvalue weighted by Crippen LogP contribution is -2.24. The van der Waals surface area contributed by atoms with E-state index in [1.165, 1.54) is 0 Å². The lowest BCUT2D eigenvalue weighted by Gasteiger charge is -2.09. The van der Waals surface area contributed by atoms with Crippen molar-refractivity contribution in [1.82, 2.24) is 5.32 Å². The van der Waals surface area contributed by atoms with Crippen LogP contribution in [0.4, 0.5) is 8.78 Å². The number of hydrogen-bond acceptors (Lipinski definition) is 2. The third-order valence-electron chi connectivity index (χ3n) is 4.67. The number of rotatable bonds is 7. The molecule has 0 aliphatic heterocycles. The maximum atomic E-state index is 12.8. The highest BCUT2D eigenvalue weighted by molar-refractivity contribution is 5.94. The van der Waals surface area contributed by atoms with E-state index in [1.807, 2.05) is 36.4 Å². The predicted molar refractivity (Wildman–Crippen MR) is 94.4 cm³/mol. The normalized spacial score (nSPS) is 18.0. The Kier molecular flexibility index (Phi) is 5.13. The summed E-state index contributed by atoms with van der Waals surface area (Å²) in [6.45, 7) is 0.877. The fourth-order valence-electron chi connectivity index (χ4n) is 3.02. The molecule has 0 spiro atoms. The Morgan fingerprint density at radius 1 is 1.16 bits per heavy atom. The van der Waals surface area contributed by atoms with Crippen LogP contribution in [-0.2, 0) is 6.54 Å². The smallest absolute Gasteiger partial charge is 0.251 e. The van der Waals surface area contributed by atoms with Gasteiger partial charge in [-0.25, -0.2) is 8.78 Å². The van der Waals surface area contributed by atoms with Gasteiger partial charge in [0, 0.05) is 31.0 Å². The van der Waals surface area contributed by atoms with Crippen LogP contribution in [0.25, 0.3) is 11.1 Å². The Labute approximate surface area is 146 Å². The van der Waals surface area contributed by atoms with Gasteiger partial charge < -0.3 is 11.1 Å². The first kappa shape index (κ1) is 17.5. The van der Waals surface area contributed by atoms with Crippen molar-refractivity contribution in [2.24, 2.45) is 11.7 Å². The van der Waals surface area contributed by atoms with Crippen LogP contribution in [0.15, 0.2) is 48.5 Å². The summed E-state index contributed by atoms with van der Waals surface area (Å²) < 4.78 is 25.6. The van der Waals surface area contributed by atoms with Crippen LogP contribution in [0.5, 0.6) is 0 Å². The van der Waals surface area contributed by atoms with Gasteiger partial charge in [-0.1, -0.05) is 36.4 Å². The average molecular weight is 344 g/mol. The Balaban J connectivity index is 1.54. The molecule has 3 N–H and O–H groups in total. The first-order valence-electron chi connectivity index (χ1n) is 8.55. The van der Waals surface area contributed by atoms with Gasteiger partial charge >= 0.3 is 0 Å². The molecule has 1 unspecified atom stereocenters. The fraction of sp³-hybridized carbons (Fsp3) is 0.350. The number of hydrogen-bond donors (Lipinski definition) is 2. The summed E-state index contributed by atoms with van der Waals surface area (Å²) in [5.41, 5.74) is 9.44. The molecule has 0 bridgehead atoms. The van der Waals surface area contributed by atoms with Gasteiger partial charge in [-0.15, -0.1) is 0 Å². The zero-order valence-electron chi connectivity index (χ0n) is 14.0. The van der Waals surface area contributed by atoms with Crippen molar-refractivity contribution in [2.45, 2.75) is 31.7 Å². The molecule has 3 rings (SSSR count). The molecule has 0 radical (unpaired) electrons. The second kappa shape index (κ2) is 7.31. The van der Waals surface area contributed by atoms with E-state index in [-0.39, 0.29) is 12.3 Å². The topological polar surface area (TPSA) is 55.1 Å². The molecule has 132 valence electrons. The fourth-order valence-corrected chi connectivity index (χ4v) is 3.02. The zero-order chi connectivity index (χ0) is 17.9. The van der Waals surface area contributed by atoms with Crippen molar-refractivity contribution >= 4 is 5.91 Å². The molecular weight excluding hydrogens is 322 g/mol. The van der Waals surface area contributed by atoms with Gasteiger partial charge in [0.15, 0.2) is 0 Å². The zero-order valence-corrected chi connectivity index (χ0v) is 14.0. The second-order valence-electron chi connectivity index (χ2n) is 6.50. The van der Waals surface area contributed by atoms with E-state index in [0.717, 1.165) is 16.7 Å². The van der Waals surface area contributed by atoms with E-state index in [1.54, 1.807) is 12.1 Å². The molecule has 5 heteroatoms. The minimum Gasteiger partial charge on any atom is -0.352 e. The van der Waals surface area contributed by atoms with E-state index in [4.69, 9.17) is 5.73 Å². The van der Waals surface area contributed by atoms with Crippen LogP contribution in [-0.4, -0.2) is 18.4 Å². The van der Waals surface area contributed by atoms with Crippen LogP contribution >= 0.6 is 0 Å². The summed E-state index contributed by atoms with van der Waals surface area (Å²) in [7, 11) is 0. The van der Waals surface area contributed by atoms with Crippen LogP contribution in [0, 0.1) is 5.92 Å². The third kappa shape index (κ3) is 4.23. The van der Waals surface area contributed by atoms with Gasteiger partial charge in [-0.05, 0) is 41.7 Å². The number of carbonyl (C=O) groups is 1. The first-order chi connectivity index (χ1) is 12.0. The van der Waals surface area contributed by atoms with Crippen LogP contribution < -0.4 is 11.1 Å². The summed E-state index contributed by atoms with van der Waals surface area (Å²) in [5, 5.41) is 2.79. The van der Waals surface area contributed by atoms with Crippen molar-refractivity contribution in [3.8, 4) is 11.1 Å². The van der Waals surface area contributed by atoms with Crippen LogP contribution in [0.1, 0.15) is 35.2 Å². The van der Waals surface area contributed by atoms with Crippen molar-refractivity contribution in [1.29, 1.82) is 0 Å². The number of alkyl halides is 2. The molecule has 0 heterocycles. The number of nitrogens with one attached hydrogen (secondary N) is 1. The van der Waals surface area contributed by atoms with Gasteiger partial charge in [0.25, 0.3) is 11.8 Å². The highest BCUT2D eigenvalue weighted by atomic mass is 19.3. The van der Waals surface area contributed by atoms with Gasteiger partial charge in [0.05, 0.1) is 0 Å². The summed E-state index contributed by atoms with van der Waals surface area (Å²) in [5.74, 6) is -3.15. The summed E-state index contributed by atoms with van der Waals surface area (Å²) in [6.07, 6.45) is 1.03. The van der Waals surface area contributed by atoms with Gasteiger partial charge in [-0.2, -0.15) is 0 Å². The SMILES string of the molecule is NCc1ccccc1-c1ccc(C(=O)NCCCC2CC2(F)F)cc1. The standard InChI is InChI=1S/C20H22F2N2O/c21-20(22)12-17(20)5-3-11-24-19(25)15-9-7-14(8-10-15)18-6-2-1-4-16(18)13-23/h1-2,4,6-10,17H,3,5,11-13,23H2,(H,24,25). The highest BCUT2D eigenvalue weighted by Crippen LogP contribution is 2.51. The monoisotopic (exact) mass is 344 g/mol. The predicted octanol–water partition coefficient (Wildman–Crippen LogP) is 3.98. The van der Waals surface area contributed by atoms with Crippen molar-refractivity contribution < 1.29 is 13.6 Å². The van der Waals surface area contributed by atoms with Crippen LogP contribution in [0.3, 0.4) is 0 Å². The number of carbonyl (C=O) groups excluding carboxylic acids is 1. The Bertz CT molecular complexity index is 744. The van der Waals surface area contributed by atoms with Gasteiger partial charge in [0.1, 0.15) is 0 Å². The number of halogens is 2. The molecule has 1 atom stereocenters. The van der Waals surface area contributed by atoms with Crippen molar-refractivity contribution in [3.05, 3.63) is 59.7 Å². The maximum absolute atomic E-state index is 12.8. The second-order valence-corrected chi connectivity index (χ2v) is 6.50. The molecule has 3 nitrogen and oxygen atoms in total. The van der Waals surface area contributed by atoms with Crippen LogP contribution in [0.2, 0.25) is 0 Å². The average Bonchev–Trinajstić information content (AvgIpc) is 3.25.